The van der Waals surface area contributed by atoms with E-state index in [2.05, 4.69) is 0 Å². The van der Waals surface area contributed by atoms with E-state index in [-0.39, 0.29) is 11.6 Å². The molecule has 0 aromatic heterocycles. The standard InChI is InChI=1S/C18H21FN2O2S/c19-18-8-4-7-17(13-18)14-20-9-11-21(12-10-20)24(22,23)15-16-5-2-1-3-6-16/h1-8,13H,9-12,14-15H2/p+1. The van der Waals surface area contributed by atoms with Crippen LogP contribution < -0.4 is 4.90 Å². The molecule has 1 heterocycles. The first kappa shape index (κ1) is 17.1. The summed E-state index contributed by atoms with van der Waals surface area (Å²) in [5.74, 6) is -0.177. The highest BCUT2D eigenvalue weighted by Gasteiger charge is 2.29. The Morgan fingerprint density at radius 2 is 1.62 bits per heavy atom. The minimum atomic E-state index is -3.28. The third-order valence-corrected chi connectivity index (χ3v) is 6.21. The molecule has 1 saturated heterocycles. The maximum Gasteiger partial charge on any atom is 0.218 e. The Morgan fingerprint density at radius 1 is 0.958 bits per heavy atom. The van der Waals surface area contributed by atoms with E-state index < -0.39 is 10.0 Å². The van der Waals surface area contributed by atoms with Gasteiger partial charge in [-0.05, 0) is 17.7 Å². The van der Waals surface area contributed by atoms with Crippen molar-refractivity contribution in [1.29, 1.82) is 0 Å². The Balaban J connectivity index is 1.56. The van der Waals surface area contributed by atoms with Crippen molar-refractivity contribution in [2.24, 2.45) is 0 Å². The van der Waals surface area contributed by atoms with Gasteiger partial charge in [0.05, 0.1) is 31.9 Å². The zero-order valence-corrected chi connectivity index (χ0v) is 14.3. The number of hydrogen-bond donors (Lipinski definition) is 1. The summed E-state index contributed by atoms with van der Waals surface area (Å²) in [6, 6.07) is 15.9. The fourth-order valence-electron chi connectivity index (χ4n) is 3.07. The molecule has 2 aromatic carbocycles. The molecule has 0 radical (unpaired) electrons. The van der Waals surface area contributed by atoms with Crippen molar-refractivity contribution in [3.05, 3.63) is 71.5 Å². The number of halogens is 1. The summed E-state index contributed by atoms with van der Waals surface area (Å²) in [7, 11) is -3.28. The lowest BCUT2D eigenvalue weighted by Gasteiger charge is -2.31. The highest BCUT2D eigenvalue weighted by Crippen LogP contribution is 2.11. The normalized spacial score (nSPS) is 17.0. The van der Waals surface area contributed by atoms with E-state index in [9.17, 15) is 12.8 Å². The largest absolute Gasteiger partial charge is 0.329 e. The van der Waals surface area contributed by atoms with E-state index in [1.807, 2.05) is 36.4 Å². The molecule has 2 aromatic rings. The fraction of sp³-hybridized carbons (Fsp3) is 0.333. The van der Waals surface area contributed by atoms with Gasteiger partial charge >= 0.3 is 0 Å². The summed E-state index contributed by atoms with van der Waals surface area (Å²) in [5.41, 5.74) is 1.76. The number of nitrogens with zero attached hydrogens (tertiary/aromatic N) is 1. The molecule has 0 aliphatic carbocycles. The van der Waals surface area contributed by atoms with Crippen LogP contribution in [0.15, 0.2) is 54.6 Å². The van der Waals surface area contributed by atoms with E-state index in [4.69, 9.17) is 0 Å². The molecule has 0 spiro atoms. The molecule has 6 heteroatoms. The zero-order valence-electron chi connectivity index (χ0n) is 13.5. The van der Waals surface area contributed by atoms with E-state index in [1.54, 1.807) is 16.4 Å². The lowest BCUT2D eigenvalue weighted by atomic mass is 10.2. The molecule has 0 saturated carbocycles. The van der Waals surface area contributed by atoms with Crippen LogP contribution in [0.3, 0.4) is 0 Å². The number of benzene rings is 2. The van der Waals surface area contributed by atoms with Gasteiger partial charge in [-0.1, -0.05) is 42.5 Å². The molecule has 1 N–H and O–H groups in total. The first-order valence-corrected chi connectivity index (χ1v) is 9.74. The molecule has 128 valence electrons. The number of rotatable bonds is 5. The number of sulfonamides is 1. The minimum Gasteiger partial charge on any atom is -0.329 e. The predicted molar refractivity (Wildman–Crippen MR) is 91.4 cm³/mol. The van der Waals surface area contributed by atoms with Crippen molar-refractivity contribution >= 4 is 10.0 Å². The Morgan fingerprint density at radius 3 is 2.29 bits per heavy atom. The molecule has 4 nitrogen and oxygen atoms in total. The maximum atomic E-state index is 13.2. The van der Waals surface area contributed by atoms with Crippen molar-refractivity contribution in [2.45, 2.75) is 12.3 Å². The number of piperazine rings is 1. The van der Waals surface area contributed by atoms with Crippen LogP contribution in [-0.2, 0) is 22.3 Å². The molecule has 0 atom stereocenters. The average Bonchev–Trinajstić information content (AvgIpc) is 2.56. The summed E-state index contributed by atoms with van der Waals surface area (Å²) in [6.07, 6.45) is 0. The van der Waals surface area contributed by atoms with Gasteiger partial charge in [-0.15, -0.1) is 0 Å². The first-order chi connectivity index (χ1) is 11.5. The lowest BCUT2D eigenvalue weighted by Crippen LogP contribution is -3.13. The lowest BCUT2D eigenvalue weighted by molar-refractivity contribution is -0.917. The Labute approximate surface area is 142 Å². The molecular formula is C18H22FN2O2S+. The number of hydrogen-bond acceptors (Lipinski definition) is 2. The molecule has 1 aliphatic heterocycles. The monoisotopic (exact) mass is 349 g/mol. The summed E-state index contributed by atoms with van der Waals surface area (Å²) >= 11 is 0. The van der Waals surface area contributed by atoms with Crippen molar-refractivity contribution in [2.75, 3.05) is 26.2 Å². The highest BCUT2D eigenvalue weighted by molar-refractivity contribution is 7.88. The summed E-state index contributed by atoms with van der Waals surface area (Å²) in [6.45, 7) is 3.24. The van der Waals surface area contributed by atoms with Crippen LogP contribution in [0.25, 0.3) is 0 Å². The summed E-state index contributed by atoms with van der Waals surface area (Å²) in [4.78, 5) is 1.28. The van der Waals surface area contributed by atoms with Gasteiger partial charge in [0, 0.05) is 5.56 Å². The second-order valence-electron chi connectivity index (χ2n) is 6.20. The summed E-state index contributed by atoms with van der Waals surface area (Å²) < 4.78 is 39.9. The highest BCUT2D eigenvalue weighted by atomic mass is 32.2. The molecule has 3 rings (SSSR count). The molecule has 0 amide bonds. The van der Waals surface area contributed by atoms with E-state index in [1.165, 1.54) is 11.0 Å². The Hall–Kier alpha value is -1.76. The third kappa shape index (κ3) is 4.41. The van der Waals surface area contributed by atoms with Crippen LogP contribution in [0.1, 0.15) is 11.1 Å². The van der Waals surface area contributed by atoms with Gasteiger partial charge in [0.15, 0.2) is 0 Å². The van der Waals surface area contributed by atoms with Crippen LogP contribution in [0.5, 0.6) is 0 Å². The summed E-state index contributed by atoms with van der Waals surface area (Å²) in [5, 5.41) is 0. The van der Waals surface area contributed by atoms with Gasteiger partial charge in [0.1, 0.15) is 12.4 Å². The average molecular weight is 349 g/mol. The van der Waals surface area contributed by atoms with Crippen LogP contribution >= 0.6 is 0 Å². The van der Waals surface area contributed by atoms with Gasteiger partial charge < -0.3 is 4.90 Å². The smallest absolute Gasteiger partial charge is 0.218 e. The van der Waals surface area contributed by atoms with Crippen molar-refractivity contribution in [3.8, 4) is 0 Å². The maximum absolute atomic E-state index is 13.2. The third-order valence-electron chi connectivity index (χ3n) is 4.36. The SMILES string of the molecule is O=S(=O)(Cc1ccccc1)N1CC[NH+](Cc2cccc(F)c2)CC1. The second kappa shape index (κ2) is 7.42. The molecule has 0 unspecified atom stereocenters. The number of quaternary nitrogens is 1. The van der Waals surface area contributed by atoms with Crippen LogP contribution in [0, 0.1) is 5.82 Å². The zero-order chi connectivity index (χ0) is 17.0. The van der Waals surface area contributed by atoms with Crippen molar-refractivity contribution in [3.63, 3.8) is 0 Å². The van der Waals surface area contributed by atoms with E-state index in [0.717, 1.165) is 30.8 Å². The van der Waals surface area contributed by atoms with Crippen LogP contribution in [0.4, 0.5) is 4.39 Å². The van der Waals surface area contributed by atoms with Gasteiger partial charge in [-0.25, -0.2) is 12.8 Å². The Kier molecular flexibility index (Phi) is 5.28. The molecular weight excluding hydrogens is 327 g/mol. The fourth-order valence-corrected chi connectivity index (χ4v) is 4.60. The van der Waals surface area contributed by atoms with E-state index in [0.29, 0.717) is 13.1 Å². The van der Waals surface area contributed by atoms with Gasteiger partial charge in [-0.2, -0.15) is 4.31 Å². The van der Waals surface area contributed by atoms with Crippen LogP contribution in [0.2, 0.25) is 0 Å². The van der Waals surface area contributed by atoms with Gasteiger partial charge in [0.25, 0.3) is 0 Å². The van der Waals surface area contributed by atoms with Crippen LogP contribution in [-0.4, -0.2) is 38.9 Å². The predicted octanol–water partition coefficient (Wildman–Crippen LogP) is 1.06. The molecule has 0 bridgehead atoms. The molecule has 24 heavy (non-hydrogen) atoms. The van der Waals surface area contributed by atoms with Crippen molar-refractivity contribution < 1.29 is 17.7 Å². The molecule has 1 fully saturated rings. The van der Waals surface area contributed by atoms with E-state index >= 15 is 0 Å². The Bertz CT molecular complexity index is 773. The molecule has 1 aliphatic rings. The first-order valence-electron chi connectivity index (χ1n) is 8.13. The van der Waals surface area contributed by atoms with Gasteiger partial charge in [0.2, 0.25) is 10.0 Å². The topological polar surface area (TPSA) is 41.8 Å². The number of nitrogens with one attached hydrogen (secondary N) is 1. The minimum absolute atomic E-state index is 0.0487. The van der Waals surface area contributed by atoms with Gasteiger partial charge in [-0.3, -0.25) is 0 Å². The quantitative estimate of drug-likeness (QED) is 0.877. The second-order valence-corrected chi connectivity index (χ2v) is 8.17. The van der Waals surface area contributed by atoms with Crippen molar-refractivity contribution in [1.82, 2.24) is 4.31 Å².